The Morgan fingerprint density at radius 3 is 2.63 bits per heavy atom. The lowest BCUT2D eigenvalue weighted by Gasteiger charge is -2.39. The number of hydrogen-bond donors (Lipinski definition) is 1. The highest BCUT2D eigenvalue weighted by Crippen LogP contribution is 2.35. The van der Waals surface area contributed by atoms with Gasteiger partial charge in [0.05, 0.1) is 6.33 Å². The largest absolute Gasteiger partial charge is 0.336 e. The van der Waals surface area contributed by atoms with E-state index in [1.54, 1.807) is 0 Å². The molecule has 1 N–H and O–H groups in total. The maximum atomic E-state index is 4.12. The quantitative estimate of drug-likeness (QED) is 0.850. The van der Waals surface area contributed by atoms with E-state index >= 15 is 0 Å². The van der Waals surface area contributed by atoms with Gasteiger partial charge in [0.15, 0.2) is 0 Å². The fourth-order valence-corrected chi connectivity index (χ4v) is 3.80. The van der Waals surface area contributed by atoms with Crippen molar-refractivity contribution in [3.05, 3.63) is 18.7 Å². The molecule has 1 aromatic rings. The van der Waals surface area contributed by atoms with E-state index in [1.165, 1.54) is 45.2 Å². The molecule has 4 nitrogen and oxygen atoms in total. The number of hydrogen-bond acceptors (Lipinski definition) is 3. The molecule has 0 aliphatic carbocycles. The summed E-state index contributed by atoms with van der Waals surface area (Å²) in [7, 11) is 0. The monoisotopic (exact) mass is 262 g/mol. The lowest BCUT2D eigenvalue weighted by atomic mass is 9.97. The van der Waals surface area contributed by atoms with E-state index in [9.17, 15) is 0 Å². The van der Waals surface area contributed by atoms with Crippen LogP contribution in [-0.4, -0.2) is 45.7 Å². The fourth-order valence-electron chi connectivity index (χ4n) is 3.80. The van der Waals surface area contributed by atoms with Gasteiger partial charge in [-0.2, -0.15) is 0 Å². The van der Waals surface area contributed by atoms with Crippen LogP contribution in [-0.2, 0) is 6.54 Å². The van der Waals surface area contributed by atoms with E-state index < -0.39 is 0 Å². The van der Waals surface area contributed by atoms with Crippen molar-refractivity contribution in [1.82, 2.24) is 19.8 Å². The Hall–Kier alpha value is -0.870. The summed E-state index contributed by atoms with van der Waals surface area (Å²) in [6.07, 6.45) is 12.6. The van der Waals surface area contributed by atoms with Crippen LogP contribution in [0.5, 0.6) is 0 Å². The Kier molecular flexibility index (Phi) is 4.18. The minimum atomic E-state index is 0.766. The minimum Gasteiger partial charge on any atom is -0.336 e. The maximum Gasteiger partial charge on any atom is 0.0946 e. The Morgan fingerprint density at radius 2 is 2.00 bits per heavy atom. The van der Waals surface area contributed by atoms with Crippen LogP contribution in [0.25, 0.3) is 0 Å². The van der Waals surface area contributed by atoms with E-state index in [0.29, 0.717) is 0 Å². The number of nitrogens with one attached hydrogen (secondary N) is 1. The van der Waals surface area contributed by atoms with Crippen LogP contribution in [0.4, 0.5) is 0 Å². The van der Waals surface area contributed by atoms with Gasteiger partial charge in [0.2, 0.25) is 0 Å². The van der Waals surface area contributed by atoms with Crippen molar-refractivity contribution in [1.29, 1.82) is 0 Å². The third-order valence-electron chi connectivity index (χ3n) is 4.74. The second-order valence-electron chi connectivity index (χ2n) is 6.05. The van der Waals surface area contributed by atoms with Crippen LogP contribution in [0.3, 0.4) is 0 Å². The molecule has 0 spiro atoms. The lowest BCUT2D eigenvalue weighted by molar-refractivity contribution is 0.112. The summed E-state index contributed by atoms with van der Waals surface area (Å²) in [5.74, 6) is 0. The highest BCUT2D eigenvalue weighted by Gasteiger charge is 2.39. The molecule has 1 aromatic heterocycles. The molecule has 0 saturated carbocycles. The van der Waals surface area contributed by atoms with Crippen molar-refractivity contribution in [3.8, 4) is 0 Å². The molecule has 2 unspecified atom stereocenters. The summed E-state index contributed by atoms with van der Waals surface area (Å²) >= 11 is 0. The fraction of sp³-hybridized carbons (Fsp3) is 0.800. The van der Waals surface area contributed by atoms with Gasteiger partial charge >= 0.3 is 0 Å². The van der Waals surface area contributed by atoms with Gasteiger partial charge < -0.3 is 9.88 Å². The zero-order chi connectivity index (χ0) is 13.1. The second-order valence-corrected chi connectivity index (χ2v) is 6.05. The summed E-state index contributed by atoms with van der Waals surface area (Å²) in [6.45, 7) is 5.70. The maximum absolute atomic E-state index is 4.12. The molecule has 2 bridgehead atoms. The van der Waals surface area contributed by atoms with Crippen LogP contribution in [0, 0.1) is 0 Å². The molecule has 3 heterocycles. The highest BCUT2D eigenvalue weighted by atomic mass is 15.2. The Bertz CT molecular complexity index is 362. The molecule has 2 aliphatic heterocycles. The van der Waals surface area contributed by atoms with E-state index in [2.05, 4.69) is 32.9 Å². The van der Waals surface area contributed by atoms with Gasteiger partial charge in [0.1, 0.15) is 0 Å². The number of nitrogens with zero attached hydrogens (tertiary/aromatic N) is 3. The van der Waals surface area contributed by atoms with Gasteiger partial charge in [0.25, 0.3) is 0 Å². The van der Waals surface area contributed by atoms with E-state index in [-0.39, 0.29) is 0 Å². The smallest absolute Gasteiger partial charge is 0.0946 e. The molecule has 2 fully saturated rings. The van der Waals surface area contributed by atoms with Crippen LogP contribution in [0.15, 0.2) is 18.7 Å². The topological polar surface area (TPSA) is 33.1 Å². The normalized spacial score (nSPS) is 30.9. The number of piperidine rings is 1. The van der Waals surface area contributed by atoms with Crippen LogP contribution >= 0.6 is 0 Å². The molecule has 2 atom stereocenters. The molecular formula is C15H26N4. The van der Waals surface area contributed by atoms with Gasteiger partial charge in [0, 0.05) is 43.6 Å². The minimum absolute atomic E-state index is 0.766. The molecule has 4 heteroatoms. The zero-order valence-corrected chi connectivity index (χ0v) is 12.0. The summed E-state index contributed by atoms with van der Waals surface area (Å²) in [5, 5.41) is 3.72. The van der Waals surface area contributed by atoms with Crippen molar-refractivity contribution in [3.63, 3.8) is 0 Å². The third kappa shape index (κ3) is 3.00. The van der Waals surface area contributed by atoms with Crippen molar-refractivity contribution in [2.24, 2.45) is 0 Å². The summed E-state index contributed by atoms with van der Waals surface area (Å²) in [4.78, 5) is 6.87. The first-order valence-corrected chi connectivity index (χ1v) is 7.81. The van der Waals surface area contributed by atoms with Crippen LogP contribution < -0.4 is 5.32 Å². The van der Waals surface area contributed by atoms with Crippen molar-refractivity contribution >= 4 is 0 Å². The molecule has 2 aliphatic rings. The van der Waals surface area contributed by atoms with E-state index in [0.717, 1.165) is 24.7 Å². The lowest BCUT2D eigenvalue weighted by Crippen LogP contribution is -2.50. The predicted octanol–water partition coefficient (Wildman–Crippen LogP) is 1.88. The Labute approximate surface area is 116 Å². The van der Waals surface area contributed by atoms with Gasteiger partial charge in [-0.15, -0.1) is 0 Å². The van der Waals surface area contributed by atoms with Gasteiger partial charge in [-0.3, -0.25) is 4.90 Å². The Morgan fingerprint density at radius 1 is 1.21 bits per heavy atom. The van der Waals surface area contributed by atoms with E-state index in [4.69, 9.17) is 0 Å². The molecule has 3 rings (SSSR count). The molecule has 19 heavy (non-hydrogen) atoms. The van der Waals surface area contributed by atoms with Crippen molar-refractivity contribution in [2.75, 3.05) is 13.1 Å². The van der Waals surface area contributed by atoms with Crippen molar-refractivity contribution in [2.45, 2.75) is 63.7 Å². The molecule has 0 amide bonds. The van der Waals surface area contributed by atoms with Crippen LogP contribution in [0.1, 0.15) is 39.0 Å². The van der Waals surface area contributed by atoms with Gasteiger partial charge in [-0.05, 0) is 38.6 Å². The van der Waals surface area contributed by atoms with Crippen molar-refractivity contribution < 1.29 is 0 Å². The molecule has 0 radical (unpaired) electrons. The first-order chi connectivity index (χ1) is 9.36. The molecule has 0 aromatic carbocycles. The van der Waals surface area contributed by atoms with E-state index in [1.807, 2.05) is 12.5 Å². The number of fused-ring (bicyclic) bond motifs is 2. The number of imidazole rings is 1. The third-order valence-corrected chi connectivity index (χ3v) is 4.74. The first kappa shape index (κ1) is 13.1. The summed E-state index contributed by atoms with van der Waals surface area (Å²) in [6, 6.07) is 2.40. The summed E-state index contributed by atoms with van der Waals surface area (Å²) < 4.78 is 2.20. The molecular weight excluding hydrogens is 236 g/mol. The predicted molar refractivity (Wildman–Crippen MR) is 77.1 cm³/mol. The standard InChI is InChI=1S/C15H26N4/c1-2-5-17-13-10-14-3-4-15(11-13)19(14)9-8-18-7-6-16-12-18/h6-7,12-15,17H,2-5,8-11H2,1H3. The highest BCUT2D eigenvalue weighted by molar-refractivity contribution is 4.97. The average molecular weight is 262 g/mol. The van der Waals surface area contributed by atoms with Crippen LogP contribution in [0.2, 0.25) is 0 Å². The molecule has 2 saturated heterocycles. The number of rotatable bonds is 6. The first-order valence-electron chi connectivity index (χ1n) is 7.81. The van der Waals surface area contributed by atoms with Gasteiger partial charge in [-0.1, -0.05) is 6.92 Å². The SMILES string of the molecule is CCCNC1CC2CCC(C1)N2CCn1ccnc1. The summed E-state index contributed by atoms with van der Waals surface area (Å²) in [5.41, 5.74) is 0. The van der Waals surface area contributed by atoms with Gasteiger partial charge in [-0.25, -0.2) is 4.98 Å². The second kappa shape index (κ2) is 6.06. The average Bonchev–Trinajstić information content (AvgIpc) is 3.01. The number of aromatic nitrogens is 2. The zero-order valence-electron chi connectivity index (χ0n) is 12.0. The molecule has 106 valence electrons. The Balaban J connectivity index is 1.51.